The van der Waals surface area contributed by atoms with Gasteiger partial charge in [0.2, 0.25) is 5.78 Å². The van der Waals surface area contributed by atoms with Gasteiger partial charge in [0.05, 0.1) is 4.88 Å². The molecule has 0 saturated carbocycles. The van der Waals surface area contributed by atoms with Gasteiger partial charge in [-0.15, -0.1) is 11.3 Å². The minimum Gasteiger partial charge on any atom is -0.288 e. The van der Waals surface area contributed by atoms with Crippen LogP contribution in [0.5, 0.6) is 0 Å². The van der Waals surface area contributed by atoms with Gasteiger partial charge < -0.3 is 0 Å². The molecule has 17 heavy (non-hydrogen) atoms. The zero-order valence-corrected chi connectivity index (χ0v) is 9.98. The molecule has 0 saturated heterocycles. The van der Waals surface area contributed by atoms with Crippen molar-refractivity contribution in [3.8, 4) is 0 Å². The summed E-state index contributed by atoms with van der Waals surface area (Å²) in [5.41, 5.74) is 0.0482. The zero-order valence-electron chi connectivity index (χ0n) is 9.17. The van der Waals surface area contributed by atoms with Crippen molar-refractivity contribution in [2.45, 2.75) is 13.3 Å². The summed E-state index contributed by atoms with van der Waals surface area (Å²) in [5, 5.41) is 0. The van der Waals surface area contributed by atoms with Crippen LogP contribution in [0.3, 0.4) is 0 Å². The number of hydrogen-bond donors (Lipinski definition) is 0. The molecule has 2 aromatic rings. The summed E-state index contributed by atoms with van der Waals surface area (Å²) >= 11 is 1.35. The van der Waals surface area contributed by atoms with Gasteiger partial charge in [-0.1, -0.05) is 6.92 Å². The van der Waals surface area contributed by atoms with Crippen molar-refractivity contribution in [3.05, 3.63) is 57.3 Å². The number of carbonyl (C=O) groups is 1. The van der Waals surface area contributed by atoms with E-state index < -0.39 is 11.6 Å². The van der Waals surface area contributed by atoms with Gasteiger partial charge in [-0.05, 0) is 30.7 Å². The van der Waals surface area contributed by atoms with Gasteiger partial charge in [-0.3, -0.25) is 4.79 Å². The molecule has 0 unspecified atom stereocenters. The molecule has 0 aliphatic carbocycles. The Kier molecular flexibility index (Phi) is 3.33. The molecule has 1 aromatic heterocycles. The largest absolute Gasteiger partial charge is 0.288 e. The minimum absolute atomic E-state index is 0.0482. The van der Waals surface area contributed by atoms with E-state index in [2.05, 4.69) is 0 Å². The van der Waals surface area contributed by atoms with Gasteiger partial charge in [0.15, 0.2) is 0 Å². The summed E-state index contributed by atoms with van der Waals surface area (Å²) in [4.78, 5) is 13.5. The van der Waals surface area contributed by atoms with Crippen LogP contribution in [0.25, 0.3) is 0 Å². The maximum absolute atomic E-state index is 13.0. The smallest absolute Gasteiger partial charge is 0.203 e. The molecule has 0 fully saturated rings. The number of hydrogen-bond acceptors (Lipinski definition) is 2. The summed E-state index contributed by atoms with van der Waals surface area (Å²) < 4.78 is 26.0. The summed E-state index contributed by atoms with van der Waals surface area (Å²) in [7, 11) is 0. The Hall–Kier alpha value is -1.55. The standard InChI is InChI=1S/C13H10F2OS/c1-2-11-3-4-12(17-11)13(16)8-5-9(14)7-10(15)6-8/h3-7H,2H2,1H3. The average molecular weight is 252 g/mol. The van der Waals surface area contributed by atoms with E-state index in [4.69, 9.17) is 0 Å². The van der Waals surface area contributed by atoms with E-state index >= 15 is 0 Å². The van der Waals surface area contributed by atoms with Crippen molar-refractivity contribution >= 4 is 17.1 Å². The van der Waals surface area contributed by atoms with Crippen LogP contribution >= 0.6 is 11.3 Å². The molecule has 0 amide bonds. The van der Waals surface area contributed by atoms with Gasteiger partial charge in [0.1, 0.15) is 11.6 Å². The molecule has 2 rings (SSSR count). The first-order valence-corrected chi connectivity index (χ1v) is 6.01. The van der Waals surface area contributed by atoms with E-state index in [0.29, 0.717) is 4.88 Å². The Morgan fingerprint density at radius 1 is 1.18 bits per heavy atom. The quantitative estimate of drug-likeness (QED) is 0.759. The van der Waals surface area contributed by atoms with Gasteiger partial charge in [-0.25, -0.2) is 8.78 Å². The minimum atomic E-state index is -0.736. The maximum atomic E-state index is 13.0. The SMILES string of the molecule is CCc1ccc(C(=O)c2cc(F)cc(F)c2)s1. The Labute approximate surface area is 102 Å². The first-order valence-electron chi connectivity index (χ1n) is 5.19. The number of thiophene rings is 1. The molecule has 0 atom stereocenters. The molecular weight excluding hydrogens is 242 g/mol. The zero-order chi connectivity index (χ0) is 12.4. The van der Waals surface area contributed by atoms with Crippen LogP contribution in [0.2, 0.25) is 0 Å². The van der Waals surface area contributed by atoms with Gasteiger partial charge in [0.25, 0.3) is 0 Å². The molecule has 0 N–H and O–H groups in total. The number of halogens is 2. The second-order valence-electron chi connectivity index (χ2n) is 3.61. The second-order valence-corrected chi connectivity index (χ2v) is 4.78. The Bertz CT molecular complexity index is 540. The van der Waals surface area contributed by atoms with Crippen molar-refractivity contribution < 1.29 is 13.6 Å². The van der Waals surface area contributed by atoms with Crippen molar-refractivity contribution in [3.63, 3.8) is 0 Å². The number of carbonyl (C=O) groups excluding carboxylic acids is 1. The third kappa shape index (κ3) is 2.58. The Balaban J connectivity index is 2.36. The highest BCUT2D eigenvalue weighted by Crippen LogP contribution is 2.21. The van der Waals surface area contributed by atoms with Crippen molar-refractivity contribution in [2.24, 2.45) is 0 Å². The number of aryl methyl sites for hydroxylation is 1. The predicted molar refractivity (Wildman–Crippen MR) is 63.5 cm³/mol. The molecule has 0 radical (unpaired) electrons. The topological polar surface area (TPSA) is 17.1 Å². The molecule has 0 bridgehead atoms. The van der Waals surface area contributed by atoms with E-state index in [0.717, 1.165) is 29.5 Å². The van der Waals surface area contributed by atoms with Crippen LogP contribution in [-0.2, 0) is 6.42 Å². The monoisotopic (exact) mass is 252 g/mol. The van der Waals surface area contributed by atoms with Crippen molar-refractivity contribution in [2.75, 3.05) is 0 Å². The van der Waals surface area contributed by atoms with E-state index in [9.17, 15) is 13.6 Å². The Morgan fingerprint density at radius 3 is 2.35 bits per heavy atom. The summed E-state index contributed by atoms with van der Waals surface area (Å²) in [6.07, 6.45) is 0.843. The molecule has 0 aliphatic rings. The van der Waals surface area contributed by atoms with Crippen LogP contribution < -0.4 is 0 Å². The van der Waals surface area contributed by atoms with E-state index in [1.165, 1.54) is 11.3 Å². The molecule has 0 spiro atoms. The fourth-order valence-corrected chi connectivity index (χ4v) is 2.43. The third-order valence-corrected chi connectivity index (χ3v) is 3.59. The summed E-state index contributed by atoms with van der Waals surface area (Å²) in [5.74, 6) is -1.81. The first-order chi connectivity index (χ1) is 8.10. The first kappa shape index (κ1) is 11.9. The second kappa shape index (κ2) is 4.75. The maximum Gasteiger partial charge on any atom is 0.203 e. The molecule has 0 aliphatic heterocycles. The fourth-order valence-electron chi connectivity index (χ4n) is 1.52. The lowest BCUT2D eigenvalue weighted by Crippen LogP contribution is -2.00. The van der Waals surface area contributed by atoms with Crippen LogP contribution in [0, 0.1) is 11.6 Å². The molecule has 4 heteroatoms. The highest BCUT2D eigenvalue weighted by molar-refractivity contribution is 7.14. The molecular formula is C13H10F2OS. The number of rotatable bonds is 3. The lowest BCUT2D eigenvalue weighted by atomic mass is 10.1. The van der Waals surface area contributed by atoms with E-state index in [1.807, 2.05) is 13.0 Å². The lowest BCUT2D eigenvalue weighted by Gasteiger charge is -1.99. The van der Waals surface area contributed by atoms with E-state index in [1.54, 1.807) is 6.07 Å². The fraction of sp³-hybridized carbons (Fsp3) is 0.154. The van der Waals surface area contributed by atoms with Crippen LogP contribution in [0.15, 0.2) is 30.3 Å². The summed E-state index contributed by atoms with van der Waals surface area (Å²) in [6, 6.07) is 6.40. The van der Waals surface area contributed by atoms with Crippen LogP contribution in [0.1, 0.15) is 27.0 Å². The van der Waals surface area contributed by atoms with Crippen molar-refractivity contribution in [1.29, 1.82) is 0 Å². The van der Waals surface area contributed by atoms with Gasteiger partial charge in [-0.2, -0.15) is 0 Å². The van der Waals surface area contributed by atoms with Crippen LogP contribution in [0.4, 0.5) is 8.78 Å². The number of ketones is 1. The predicted octanol–water partition coefficient (Wildman–Crippen LogP) is 3.82. The highest BCUT2D eigenvalue weighted by Gasteiger charge is 2.13. The third-order valence-electron chi connectivity index (χ3n) is 2.36. The number of benzene rings is 1. The lowest BCUT2D eigenvalue weighted by molar-refractivity contribution is 0.104. The van der Waals surface area contributed by atoms with Crippen LogP contribution in [-0.4, -0.2) is 5.78 Å². The molecule has 88 valence electrons. The van der Waals surface area contributed by atoms with E-state index in [-0.39, 0.29) is 11.3 Å². The molecule has 1 heterocycles. The average Bonchev–Trinajstić information content (AvgIpc) is 2.75. The molecule has 1 nitrogen and oxygen atoms in total. The van der Waals surface area contributed by atoms with Gasteiger partial charge >= 0.3 is 0 Å². The van der Waals surface area contributed by atoms with Gasteiger partial charge in [0, 0.05) is 16.5 Å². The summed E-state index contributed by atoms with van der Waals surface area (Å²) in [6.45, 7) is 1.99. The highest BCUT2D eigenvalue weighted by atomic mass is 32.1. The normalized spacial score (nSPS) is 10.5. The molecule has 1 aromatic carbocycles. The van der Waals surface area contributed by atoms with Crippen molar-refractivity contribution in [1.82, 2.24) is 0 Å². The Morgan fingerprint density at radius 2 is 1.82 bits per heavy atom.